The van der Waals surface area contributed by atoms with Gasteiger partial charge in [-0.1, -0.05) is 5.57 Å². The fourth-order valence-corrected chi connectivity index (χ4v) is 3.54. The number of hydrogen-bond donors (Lipinski definition) is 0. The first-order chi connectivity index (χ1) is 10.1. The summed E-state index contributed by atoms with van der Waals surface area (Å²) in [5.74, 6) is 0.521. The zero-order valence-corrected chi connectivity index (χ0v) is 12.4. The first kappa shape index (κ1) is 14.1. The van der Waals surface area contributed by atoms with Crippen LogP contribution in [-0.2, 0) is 0 Å². The number of rotatable bonds is 3. The molecule has 0 amide bonds. The summed E-state index contributed by atoms with van der Waals surface area (Å²) in [6.07, 6.45) is 6.54. The molecule has 2 fully saturated rings. The summed E-state index contributed by atoms with van der Waals surface area (Å²) in [5.41, 5.74) is 2.13. The van der Waals surface area contributed by atoms with Gasteiger partial charge in [-0.25, -0.2) is 0 Å². The van der Waals surface area contributed by atoms with Crippen LogP contribution in [0.5, 0.6) is 5.75 Å². The smallest absolute Gasteiger partial charge is 0.280 e. The molecule has 1 aromatic rings. The number of hydrogen-bond acceptors (Lipinski definition) is 4. The Balaban J connectivity index is 1.91. The highest BCUT2D eigenvalue weighted by molar-refractivity contribution is 5.65. The molecule has 0 aromatic heterocycles. The van der Waals surface area contributed by atoms with Crippen molar-refractivity contribution >= 4 is 11.8 Å². The van der Waals surface area contributed by atoms with Gasteiger partial charge < -0.3 is 4.74 Å². The molecule has 1 aromatic carbocycles. The monoisotopic (exact) mass is 288 g/mol. The van der Waals surface area contributed by atoms with E-state index in [4.69, 9.17) is 4.74 Å². The number of nitrogens with zero attached hydrogens (tertiary/aromatic N) is 2. The predicted molar refractivity (Wildman–Crippen MR) is 81.4 cm³/mol. The van der Waals surface area contributed by atoms with Crippen molar-refractivity contribution in [3.63, 3.8) is 0 Å². The molecule has 5 heteroatoms. The molecule has 21 heavy (non-hydrogen) atoms. The molecule has 0 N–H and O–H groups in total. The Kier molecular flexibility index (Phi) is 3.68. The maximum absolute atomic E-state index is 11.2. The summed E-state index contributed by atoms with van der Waals surface area (Å²) >= 11 is 0. The topological polar surface area (TPSA) is 55.6 Å². The first-order valence-corrected chi connectivity index (χ1v) is 7.32. The van der Waals surface area contributed by atoms with E-state index in [9.17, 15) is 10.1 Å². The Morgan fingerprint density at radius 3 is 2.57 bits per heavy atom. The maximum atomic E-state index is 11.2. The molecule has 2 atom stereocenters. The number of methoxy groups -OCH3 is 1. The van der Waals surface area contributed by atoms with Gasteiger partial charge in [-0.15, -0.1) is 0 Å². The van der Waals surface area contributed by atoms with Crippen LogP contribution in [0.2, 0.25) is 0 Å². The number of nitro groups is 1. The van der Waals surface area contributed by atoms with E-state index in [-0.39, 0.29) is 10.6 Å². The van der Waals surface area contributed by atoms with E-state index in [0.717, 1.165) is 12.8 Å². The van der Waals surface area contributed by atoms with Crippen molar-refractivity contribution in [2.24, 2.45) is 0 Å². The second-order valence-corrected chi connectivity index (χ2v) is 5.94. The lowest BCUT2D eigenvalue weighted by Crippen LogP contribution is -2.36. The van der Waals surface area contributed by atoms with Crippen molar-refractivity contribution in [2.75, 3.05) is 14.2 Å². The predicted octanol–water partition coefficient (Wildman–Crippen LogP) is 3.24. The molecule has 2 heterocycles. The SMILES string of the molecule is COc1ccc(/C=C2/C[C@H]3CC[C@@H](C2)N3C)c([N+](=O)[O-])c1. The fourth-order valence-electron chi connectivity index (χ4n) is 3.54. The molecular weight excluding hydrogens is 268 g/mol. The van der Waals surface area contributed by atoms with Gasteiger partial charge in [0.1, 0.15) is 5.75 Å². The highest BCUT2D eigenvalue weighted by Gasteiger charge is 2.35. The van der Waals surface area contributed by atoms with Crippen LogP contribution in [0.15, 0.2) is 23.8 Å². The number of benzene rings is 1. The summed E-state index contributed by atoms with van der Waals surface area (Å²) in [7, 11) is 3.71. The largest absolute Gasteiger partial charge is 0.497 e. The van der Waals surface area contributed by atoms with Gasteiger partial charge in [0.25, 0.3) is 5.69 Å². The summed E-state index contributed by atoms with van der Waals surface area (Å²) in [6, 6.07) is 6.27. The zero-order chi connectivity index (χ0) is 15.0. The van der Waals surface area contributed by atoms with E-state index >= 15 is 0 Å². The lowest BCUT2D eigenvalue weighted by molar-refractivity contribution is -0.385. The molecule has 0 radical (unpaired) electrons. The number of piperidine rings is 1. The van der Waals surface area contributed by atoms with Gasteiger partial charge in [0.2, 0.25) is 0 Å². The highest BCUT2D eigenvalue weighted by atomic mass is 16.6. The van der Waals surface area contributed by atoms with Gasteiger partial charge in [0.05, 0.1) is 23.7 Å². The van der Waals surface area contributed by atoms with Gasteiger partial charge in [0.15, 0.2) is 0 Å². The fraction of sp³-hybridized carbons (Fsp3) is 0.500. The van der Waals surface area contributed by atoms with E-state index in [1.54, 1.807) is 12.1 Å². The van der Waals surface area contributed by atoms with Crippen LogP contribution in [0.3, 0.4) is 0 Å². The summed E-state index contributed by atoms with van der Waals surface area (Å²) in [4.78, 5) is 13.4. The standard InChI is InChI=1S/C16H20N2O3/c1-17-13-4-5-14(17)9-11(8-13)7-12-3-6-15(21-2)10-16(12)18(19)20/h3,6-7,10,13-14H,4-5,8-9H2,1-2H3/b11-7-/t13-,14+/m1/s1. The van der Waals surface area contributed by atoms with Crippen molar-refractivity contribution < 1.29 is 9.66 Å². The van der Waals surface area contributed by atoms with Gasteiger partial charge in [-0.2, -0.15) is 0 Å². The normalized spacial score (nSPS) is 27.0. The zero-order valence-electron chi connectivity index (χ0n) is 12.4. The molecule has 2 aliphatic heterocycles. The quantitative estimate of drug-likeness (QED) is 0.633. The lowest BCUT2D eigenvalue weighted by atomic mass is 9.95. The number of ether oxygens (including phenoxy) is 1. The first-order valence-electron chi connectivity index (χ1n) is 7.32. The minimum Gasteiger partial charge on any atom is -0.497 e. The van der Waals surface area contributed by atoms with Crippen molar-refractivity contribution in [3.8, 4) is 5.75 Å². The van der Waals surface area contributed by atoms with Crippen LogP contribution in [-0.4, -0.2) is 36.1 Å². The molecule has 0 aliphatic carbocycles. The molecule has 3 rings (SSSR count). The number of nitro benzene ring substituents is 1. The van der Waals surface area contributed by atoms with E-state index in [0.29, 0.717) is 23.4 Å². The molecule has 0 spiro atoms. The van der Waals surface area contributed by atoms with Crippen molar-refractivity contribution in [1.82, 2.24) is 4.90 Å². The molecular formula is C16H20N2O3. The molecule has 2 saturated heterocycles. The Morgan fingerprint density at radius 2 is 2.00 bits per heavy atom. The third-order valence-electron chi connectivity index (χ3n) is 4.77. The van der Waals surface area contributed by atoms with Crippen LogP contribution in [0.25, 0.3) is 6.08 Å². The van der Waals surface area contributed by atoms with Crippen LogP contribution >= 0.6 is 0 Å². The Bertz CT molecular complexity index is 581. The van der Waals surface area contributed by atoms with Crippen molar-refractivity contribution in [1.29, 1.82) is 0 Å². The summed E-state index contributed by atoms with van der Waals surface area (Å²) < 4.78 is 5.08. The second-order valence-electron chi connectivity index (χ2n) is 5.94. The molecule has 0 unspecified atom stereocenters. The van der Waals surface area contributed by atoms with Gasteiger partial charge in [-0.05, 0) is 50.9 Å². The molecule has 5 nitrogen and oxygen atoms in total. The number of fused-ring (bicyclic) bond motifs is 2. The average Bonchev–Trinajstić information content (AvgIpc) is 2.70. The third-order valence-corrected chi connectivity index (χ3v) is 4.77. The van der Waals surface area contributed by atoms with E-state index in [1.807, 2.05) is 6.08 Å². The second kappa shape index (κ2) is 5.48. The highest BCUT2D eigenvalue weighted by Crippen LogP contribution is 2.38. The van der Waals surface area contributed by atoms with Crippen molar-refractivity contribution in [2.45, 2.75) is 37.8 Å². The molecule has 2 bridgehead atoms. The van der Waals surface area contributed by atoms with Gasteiger partial charge in [-0.3, -0.25) is 15.0 Å². The van der Waals surface area contributed by atoms with Crippen LogP contribution < -0.4 is 4.74 Å². The van der Waals surface area contributed by atoms with Crippen LogP contribution in [0.4, 0.5) is 5.69 Å². The minimum atomic E-state index is -0.335. The van der Waals surface area contributed by atoms with Crippen molar-refractivity contribution in [3.05, 3.63) is 39.4 Å². The van der Waals surface area contributed by atoms with Gasteiger partial charge in [0, 0.05) is 12.1 Å². The minimum absolute atomic E-state index is 0.119. The Morgan fingerprint density at radius 1 is 1.33 bits per heavy atom. The summed E-state index contributed by atoms with van der Waals surface area (Å²) in [5, 5.41) is 11.2. The summed E-state index contributed by atoms with van der Waals surface area (Å²) in [6.45, 7) is 0. The van der Waals surface area contributed by atoms with Crippen LogP contribution in [0, 0.1) is 10.1 Å². The average molecular weight is 288 g/mol. The van der Waals surface area contributed by atoms with E-state index in [1.165, 1.54) is 31.6 Å². The van der Waals surface area contributed by atoms with Crippen LogP contribution in [0.1, 0.15) is 31.2 Å². The Labute approximate surface area is 124 Å². The third kappa shape index (κ3) is 2.65. The Hall–Kier alpha value is -1.88. The molecule has 2 aliphatic rings. The van der Waals surface area contributed by atoms with E-state index < -0.39 is 0 Å². The molecule has 0 saturated carbocycles. The van der Waals surface area contributed by atoms with E-state index in [2.05, 4.69) is 11.9 Å². The van der Waals surface area contributed by atoms with Gasteiger partial charge >= 0.3 is 0 Å². The lowest BCUT2D eigenvalue weighted by Gasteiger charge is -2.32. The maximum Gasteiger partial charge on any atom is 0.280 e. The molecule has 112 valence electrons.